The normalized spacial score (nSPS) is 48.7. The smallest absolute Gasteiger partial charge is 0.336 e. The average molecular weight is 2100 g/mol. The lowest BCUT2D eigenvalue weighted by molar-refractivity contribution is -0.390. The van der Waals surface area contributed by atoms with Crippen LogP contribution in [0.1, 0.15) is 154 Å². The van der Waals surface area contributed by atoms with Crippen molar-refractivity contribution in [2.75, 3.05) is 46.2 Å². The summed E-state index contributed by atoms with van der Waals surface area (Å²) in [5, 5.41) is 272. The number of carbonyl (C=O) groups is 3. The number of esters is 2. The summed E-state index contributed by atoms with van der Waals surface area (Å²) >= 11 is 0. The van der Waals surface area contributed by atoms with Gasteiger partial charge in [0.05, 0.1) is 106 Å². The van der Waals surface area contributed by atoms with Crippen molar-refractivity contribution >= 4 is 17.8 Å². The Balaban J connectivity index is 0.754. The summed E-state index contributed by atoms with van der Waals surface area (Å²) in [6, 6.07) is -1.39. The number of epoxide rings is 1. The molecule has 0 radical (unpaired) electrons. The Morgan fingerprint density at radius 2 is 1.01 bits per heavy atom. The number of ether oxygens (including phenoxy) is 19. The number of nitrogens with one attached hydrogen (secondary N) is 1. The van der Waals surface area contributed by atoms with Crippen LogP contribution in [0.4, 0.5) is 0 Å². The van der Waals surface area contributed by atoms with Gasteiger partial charge in [0.2, 0.25) is 12.2 Å². The molecule has 9 saturated heterocycles. The SMILES string of the molecule is C=CC(C)(O)CC/C=C(\CO)C(=C)O[C@@H]1C(C)O[C@@H](O[C@](C)(C=C)CC/C=C(\CO)C(=O)O[C@H]2C[C@@]3(C(=O)O[C@@H]4OC(CO)[C@@H](O)[C@H](O)C4O[C@@H]4OC(C)[C@H](O[C@@H]5O[C@@H](CO)[C@H](O)[C@@H]5O)C(O[C@@H]5OC(CO)[C@@H](O)[C@H](O)C5O)[C@@H]4O)C(CC2(C)C)[C@@]2(C)C(=C[C@H]3O)[C@]3(C)CCC4C(C)(C)[C@@H](O[C@@H]5OC(CO[C@@H]6OC(C)[C@H](O)[C@H](O)C6O[C@@H]6OC[C@@H](O)[C@H](O)C6O)[C@@H](O)[C@H](O)C5NC(C)=O)CC[C@]4(C)C3[C@@H]3O[C@@H]32)C(O)[C@H]1O. The standard InChI is InChI=1S/C99H155NO46/c1-17-94(12,127)25-19-21-44(32-101)39(3)130-74-41(5)133-88(72(123)68(74)119)146-95(13,18-2)26-20-22-45(33-102)82(125)138-56-31-99(91(126)145-90-78(67(118)61(112)48(35-104)136-90)144-87-73(124)76(142-86-71(122)65(116)60(111)47(34-103)134-86)75(42(6)132-87)141-85-70(121)62(113)49(36-105)135-85)53(30-92(56,8)9)98(16)52(29-54(99)108)97(15)27-23-51-93(10,11)55(24-28-96(51,14)80(97)79-81(98)140-79)139-83-57(100-43(7)106)64(115)63(114)50(137-83)38-129-89-77(66(117)58(109)40(4)131-89)143-84-69(120)59(110)46(107)37-128-84/h17-18,21-22,29,40-42,46-51,53-81,83-90,101-105,107-124,127H,1-3,19-20,23-28,30-38H2,4-16H3,(H,100,106)/b44-21+,45-22+/t40?,41?,42?,46-,47?,48?,49+,50?,51?,53?,54-,55+,56+,57?,58+,59+,60-,61-,62+,63-,64-,65+,66+,67+,68-,69?,70+,71?,72?,73+,74-,75+,76?,77?,78?,79+,80?,81+,83+,84+,85+,86+,87+,88+,89-,90+,94?,95-,96+,97+,98-,99-/m1/s1. The summed E-state index contributed by atoms with van der Waals surface area (Å²) in [7, 11) is 0. The topological polar surface area (TPSA) is 727 Å². The fourth-order valence-corrected chi connectivity index (χ4v) is 25.3. The number of fused-ring (bicyclic) bond motifs is 10. The quantitative estimate of drug-likeness (QED) is 0.00528. The van der Waals surface area contributed by atoms with Crippen LogP contribution in [-0.2, 0) is 104 Å². The highest BCUT2D eigenvalue weighted by atomic mass is 16.8. The van der Waals surface area contributed by atoms with Crippen molar-refractivity contribution < 1.29 is 227 Å². The second-order valence-corrected chi connectivity index (χ2v) is 44.6. The van der Waals surface area contributed by atoms with E-state index in [1.54, 1.807) is 46.8 Å². The van der Waals surface area contributed by atoms with E-state index in [1.165, 1.54) is 39.0 Å². The van der Waals surface area contributed by atoms with Crippen molar-refractivity contribution in [2.24, 2.45) is 50.2 Å². The largest absolute Gasteiger partial charge is 0.485 e. The van der Waals surface area contributed by atoms with Crippen LogP contribution >= 0.6 is 0 Å². The molecular weight excluding hydrogens is 1940 g/mol. The minimum absolute atomic E-state index is 0.0274. The van der Waals surface area contributed by atoms with Crippen molar-refractivity contribution in [3.63, 3.8) is 0 Å². The molecule has 146 heavy (non-hydrogen) atoms. The summed E-state index contributed by atoms with van der Waals surface area (Å²) in [6.45, 7) is 28.6. The van der Waals surface area contributed by atoms with Crippen LogP contribution in [0, 0.1) is 50.2 Å². The number of aliphatic hydroxyl groups is 24. The minimum Gasteiger partial charge on any atom is -0.485 e. The molecule has 5 aliphatic carbocycles. The Morgan fingerprint density at radius 3 is 1.64 bits per heavy atom. The average Bonchev–Trinajstić information content (AvgIpc) is 1.46. The van der Waals surface area contributed by atoms with Gasteiger partial charge < -0.3 is 218 Å². The first-order chi connectivity index (χ1) is 68.5. The van der Waals surface area contributed by atoms with Gasteiger partial charge in [-0.05, 0) is 120 Å². The molecule has 9 aliphatic heterocycles. The Kier molecular flexibility index (Phi) is 36.3. The second-order valence-electron chi connectivity index (χ2n) is 44.6. The number of hydrogen-bond acceptors (Lipinski definition) is 46. The number of rotatable bonds is 36. The second kappa shape index (κ2) is 45.5. The lowest BCUT2D eigenvalue weighted by atomic mass is 9.34. The number of aliphatic hydroxyl groups excluding tert-OH is 23. The van der Waals surface area contributed by atoms with E-state index in [9.17, 15) is 127 Å². The van der Waals surface area contributed by atoms with E-state index >= 15 is 9.59 Å². The monoisotopic (exact) mass is 2090 g/mol. The highest BCUT2D eigenvalue weighted by molar-refractivity contribution is 5.89. The maximum Gasteiger partial charge on any atom is 0.336 e. The van der Waals surface area contributed by atoms with E-state index < -0.39 is 384 Å². The Labute approximate surface area is 845 Å². The van der Waals surface area contributed by atoms with Crippen LogP contribution in [0.5, 0.6) is 0 Å². The lowest BCUT2D eigenvalue weighted by Gasteiger charge is -2.69. The molecule has 9 heterocycles. The molecule has 14 aliphatic rings. The zero-order valence-corrected chi connectivity index (χ0v) is 84.3. The molecule has 4 saturated carbocycles. The molecule has 14 rings (SSSR count). The van der Waals surface area contributed by atoms with Gasteiger partial charge in [0.25, 0.3) is 0 Å². The van der Waals surface area contributed by atoms with Gasteiger partial charge in [-0.3, -0.25) is 9.59 Å². The van der Waals surface area contributed by atoms with Crippen molar-refractivity contribution in [3.8, 4) is 0 Å². The van der Waals surface area contributed by atoms with Crippen molar-refractivity contribution in [1.82, 2.24) is 5.32 Å². The van der Waals surface area contributed by atoms with Gasteiger partial charge in [0, 0.05) is 35.7 Å². The summed E-state index contributed by atoms with van der Waals surface area (Å²) in [5.74, 6) is -4.78. The number of carbonyl (C=O) groups excluding carboxylic acids is 3. The third-order valence-corrected chi connectivity index (χ3v) is 34.1. The summed E-state index contributed by atoms with van der Waals surface area (Å²) < 4.78 is 118. The summed E-state index contributed by atoms with van der Waals surface area (Å²) in [5.41, 5.74) is -9.25. The molecule has 47 nitrogen and oxygen atoms in total. The molecular formula is C99H155NO46. The van der Waals surface area contributed by atoms with Gasteiger partial charge in [0.1, 0.15) is 170 Å². The number of amides is 1. The molecule has 17 unspecified atom stereocenters. The van der Waals surface area contributed by atoms with Crippen LogP contribution in [0.3, 0.4) is 0 Å². The molecule has 0 aromatic heterocycles. The third kappa shape index (κ3) is 22.1. The van der Waals surface area contributed by atoms with E-state index in [1.807, 2.05) is 20.8 Å². The van der Waals surface area contributed by atoms with Crippen LogP contribution in [0.15, 0.2) is 72.6 Å². The van der Waals surface area contributed by atoms with E-state index in [2.05, 4.69) is 38.9 Å². The molecule has 0 aromatic carbocycles. The molecule has 0 bridgehead atoms. The highest BCUT2D eigenvalue weighted by Gasteiger charge is 2.81. The van der Waals surface area contributed by atoms with Gasteiger partial charge >= 0.3 is 11.9 Å². The maximum absolute atomic E-state index is 17.0. The van der Waals surface area contributed by atoms with Crippen LogP contribution in [-0.4, -0.2) is 462 Å². The van der Waals surface area contributed by atoms with Crippen molar-refractivity contribution in [1.29, 1.82) is 0 Å². The first kappa shape index (κ1) is 117. The van der Waals surface area contributed by atoms with E-state index in [4.69, 9.17) is 90.0 Å². The van der Waals surface area contributed by atoms with Gasteiger partial charge in [-0.15, -0.1) is 13.2 Å². The van der Waals surface area contributed by atoms with Crippen LogP contribution < -0.4 is 5.32 Å². The molecule has 52 atom stereocenters. The first-order valence-corrected chi connectivity index (χ1v) is 50.3. The maximum atomic E-state index is 17.0. The Morgan fingerprint density at radius 1 is 0.493 bits per heavy atom. The van der Waals surface area contributed by atoms with Gasteiger partial charge in [0.15, 0.2) is 56.2 Å². The van der Waals surface area contributed by atoms with Crippen molar-refractivity contribution in [2.45, 2.75) is 429 Å². The van der Waals surface area contributed by atoms with E-state index in [0.29, 0.717) is 31.3 Å². The van der Waals surface area contributed by atoms with E-state index in [0.717, 1.165) is 0 Å². The van der Waals surface area contributed by atoms with Crippen molar-refractivity contribution in [3.05, 3.63) is 72.6 Å². The highest BCUT2D eigenvalue weighted by Crippen LogP contribution is 2.79. The van der Waals surface area contributed by atoms with E-state index in [-0.39, 0.29) is 60.8 Å². The van der Waals surface area contributed by atoms with Gasteiger partial charge in [-0.1, -0.05) is 91.0 Å². The zero-order chi connectivity index (χ0) is 107. The summed E-state index contributed by atoms with van der Waals surface area (Å²) in [6.07, 6.45) is -61.9. The van der Waals surface area contributed by atoms with Gasteiger partial charge in [-0.2, -0.15) is 0 Å². The minimum atomic E-state index is -2.33. The fraction of sp³-hybridized carbons (Fsp3) is 0.848. The van der Waals surface area contributed by atoms with Crippen LogP contribution in [0.2, 0.25) is 0 Å². The number of allylic oxidation sites excluding steroid dienone is 2. The third-order valence-electron chi connectivity index (χ3n) is 34.1. The lowest BCUT2D eigenvalue weighted by Crippen LogP contribution is -2.70. The molecule has 25 N–H and O–H groups in total. The predicted octanol–water partition coefficient (Wildman–Crippen LogP) is -5.94. The molecule has 0 spiro atoms. The number of hydrogen-bond donors (Lipinski definition) is 25. The molecule has 13 fully saturated rings. The summed E-state index contributed by atoms with van der Waals surface area (Å²) in [4.78, 5) is 45.3. The molecule has 832 valence electrons. The predicted molar refractivity (Wildman–Crippen MR) is 493 cm³/mol. The molecule has 47 heteroatoms. The zero-order valence-electron chi connectivity index (χ0n) is 84.3. The first-order valence-electron chi connectivity index (χ1n) is 50.3. The Bertz CT molecular complexity index is 4580. The van der Waals surface area contributed by atoms with Gasteiger partial charge in [-0.25, -0.2) is 4.79 Å². The molecule has 0 aromatic rings. The Hall–Kier alpha value is -4.95. The fourth-order valence-electron chi connectivity index (χ4n) is 25.3. The molecule has 1 amide bonds. The van der Waals surface area contributed by atoms with Crippen LogP contribution in [0.25, 0.3) is 0 Å².